The molecular weight excluding hydrogens is 413 g/mol. The molecule has 1 amide bonds. The van der Waals surface area contributed by atoms with E-state index >= 15 is 0 Å². The van der Waals surface area contributed by atoms with Crippen molar-refractivity contribution >= 4 is 37.5 Å². The molecule has 0 atom stereocenters. The van der Waals surface area contributed by atoms with Crippen molar-refractivity contribution < 1.29 is 17.6 Å². The van der Waals surface area contributed by atoms with Gasteiger partial charge >= 0.3 is 0 Å². The first kappa shape index (κ1) is 19.9. The third-order valence-corrected chi connectivity index (χ3v) is 7.96. The summed E-state index contributed by atoms with van der Waals surface area (Å²) in [5.74, 6) is -0.783. The number of benzene rings is 2. The van der Waals surface area contributed by atoms with E-state index in [-0.39, 0.29) is 23.9 Å². The number of para-hydroxylation sites is 1. The van der Waals surface area contributed by atoms with Crippen LogP contribution in [0, 0.1) is 5.82 Å². The molecule has 6 nitrogen and oxygen atoms in total. The predicted molar refractivity (Wildman–Crippen MR) is 110 cm³/mol. The highest BCUT2D eigenvalue weighted by atomic mass is 32.2. The lowest BCUT2D eigenvalue weighted by Crippen LogP contribution is -2.50. The average molecular weight is 434 g/mol. The molecule has 0 saturated carbocycles. The fraction of sp³-hybridized carbons (Fsp3) is 0.300. The van der Waals surface area contributed by atoms with Crippen LogP contribution >= 0.6 is 11.3 Å². The van der Waals surface area contributed by atoms with Crippen LogP contribution in [0.2, 0.25) is 0 Å². The fourth-order valence-electron chi connectivity index (χ4n) is 3.37. The second-order valence-electron chi connectivity index (χ2n) is 6.79. The minimum absolute atomic E-state index is 0.0211. The number of aryl methyl sites for hydroxylation is 1. The van der Waals surface area contributed by atoms with Gasteiger partial charge in [-0.2, -0.15) is 4.31 Å². The van der Waals surface area contributed by atoms with Gasteiger partial charge in [-0.15, -0.1) is 11.3 Å². The summed E-state index contributed by atoms with van der Waals surface area (Å²) in [6.45, 7) is 0.909. The molecule has 3 aromatic rings. The number of hydrogen-bond acceptors (Lipinski definition) is 5. The van der Waals surface area contributed by atoms with Gasteiger partial charge in [0.15, 0.2) is 0 Å². The van der Waals surface area contributed by atoms with Crippen molar-refractivity contribution in [2.45, 2.75) is 17.7 Å². The van der Waals surface area contributed by atoms with E-state index in [0.717, 1.165) is 21.3 Å². The summed E-state index contributed by atoms with van der Waals surface area (Å²) >= 11 is 1.58. The number of rotatable bonds is 5. The maximum absolute atomic E-state index is 13.9. The van der Waals surface area contributed by atoms with Crippen molar-refractivity contribution in [2.24, 2.45) is 0 Å². The van der Waals surface area contributed by atoms with Crippen molar-refractivity contribution in [3.05, 3.63) is 59.4 Å². The Morgan fingerprint density at radius 3 is 2.45 bits per heavy atom. The Hall–Kier alpha value is -2.36. The SMILES string of the molecule is O=C(CCc1nc2ccccc2s1)N1CCN(S(=O)(=O)c2ccccc2F)CC1. The highest BCUT2D eigenvalue weighted by Crippen LogP contribution is 2.23. The second-order valence-corrected chi connectivity index (χ2v) is 9.81. The molecule has 9 heteroatoms. The minimum Gasteiger partial charge on any atom is -0.340 e. The summed E-state index contributed by atoms with van der Waals surface area (Å²) < 4.78 is 41.6. The van der Waals surface area contributed by atoms with Crippen LogP contribution in [0.5, 0.6) is 0 Å². The Morgan fingerprint density at radius 2 is 1.72 bits per heavy atom. The van der Waals surface area contributed by atoms with Gasteiger partial charge in [-0.3, -0.25) is 4.79 Å². The standard InChI is InChI=1S/C20H20FN3O3S2/c21-15-5-1-4-8-18(15)29(26,27)24-13-11-23(12-14-24)20(25)10-9-19-22-16-6-2-3-7-17(16)28-19/h1-8H,9-14H2. The van der Waals surface area contributed by atoms with E-state index in [4.69, 9.17) is 0 Å². The maximum atomic E-state index is 13.9. The van der Waals surface area contributed by atoms with Crippen molar-refractivity contribution in [1.82, 2.24) is 14.2 Å². The average Bonchev–Trinajstić information content (AvgIpc) is 3.15. The van der Waals surface area contributed by atoms with Crippen LogP contribution in [-0.4, -0.2) is 54.7 Å². The number of hydrogen-bond donors (Lipinski definition) is 0. The van der Waals surface area contributed by atoms with Crippen molar-refractivity contribution in [1.29, 1.82) is 0 Å². The summed E-state index contributed by atoms with van der Waals surface area (Å²) in [7, 11) is -3.90. The number of nitrogens with zero attached hydrogens (tertiary/aromatic N) is 3. The lowest BCUT2D eigenvalue weighted by atomic mass is 10.2. The van der Waals surface area contributed by atoms with Gasteiger partial charge < -0.3 is 4.90 Å². The molecule has 0 aliphatic carbocycles. The number of carbonyl (C=O) groups excluding carboxylic acids is 1. The number of thiazole rings is 1. The molecule has 1 fully saturated rings. The first-order valence-electron chi connectivity index (χ1n) is 9.32. The largest absolute Gasteiger partial charge is 0.340 e. The zero-order valence-electron chi connectivity index (χ0n) is 15.6. The van der Waals surface area contributed by atoms with Crippen LogP contribution in [0.25, 0.3) is 10.2 Å². The van der Waals surface area contributed by atoms with Crippen LogP contribution in [0.3, 0.4) is 0 Å². The van der Waals surface area contributed by atoms with Crippen molar-refractivity contribution in [3.8, 4) is 0 Å². The molecule has 29 heavy (non-hydrogen) atoms. The zero-order valence-corrected chi connectivity index (χ0v) is 17.3. The highest BCUT2D eigenvalue weighted by molar-refractivity contribution is 7.89. The lowest BCUT2D eigenvalue weighted by molar-refractivity contribution is -0.132. The highest BCUT2D eigenvalue weighted by Gasteiger charge is 2.31. The lowest BCUT2D eigenvalue weighted by Gasteiger charge is -2.34. The molecular formula is C20H20FN3O3S2. The molecule has 1 saturated heterocycles. The number of halogens is 1. The smallest absolute Gasteiger partial charge is 0.246 e. The first-order chi connectivity index (χ1) is 13.9. The quantitative estimate of drug-likeness (QED) is 0.620. The van der Waals surface area contributed by atoms with Crippen LogP contribution in [0.15, 0.2) is 53.4 Å². The molecule has 4 rings (SSSR count). The van der Waals surface area contributed by atoms with Crippen molar-refractivity contribution in [3.63, 3.8) is 0 Å². The molecule has 0 unspecified atom stereocenters. The number of fused-ring (bicyclic) bond motifs is 1. The Morgan fingerprint density at radius 1 is 1.03 bits per heavy atom. The Kier molecular flexibility index (Phi) is 5.62. The third kappa shape index (κ3) is 4.17. The molecule has 1 aromatic heterocycles. The van der Waals surface area contributed by atoms with E-state index in [0.29, 0.717) is 25.9 Å². The van der Waals surface area contributed by atoms with Gasteiger partial charge in [0.2, 0.25) is 15.9 Å². The van der Waals surface area contributed by atoms with E-state index < -0.39 is 15.8 Å². The second kappa shape index (κ2) is 8.17. The summed E-state index contributed by atoms with van der Waals surface area (Å²) in [6.07, 6.45) is 0.895. The Labute approximate surface area is 172 Å². The molecule has 0 N–H and O–H groups in total. The van der Waals surface area contributed by atoms with Crippen LogP contribution in [0.4, 0.5) is 4.39 Å². The number of piperazine rings is 1. The van der Waals surface area contributed by atoms with E-state index in [1.807, 2.05) is 24.3 Å². The topological polar surface area (TPSA) is 70.6 Å². The normalized spacial score (nSPS) is 15.7. The maximum Gasteiger partial charge on any atom is 0.246 e. The fourth-order valence-corrected chi connectivity index (χ4v) is 5.82. The van der Waals surface area contributed by atoms with Gasteiger partial charge in [0.05, 0.1) is 15.2 Å². The van der Waals surface area contributed by atoms with E-state index in [9.17, 15) is 17.6 Å². The molecule has 2 heterocycles. The third-order valence-electron chi connectivity index (χ3n) is 4.94. The number of aromatic nitrogens is 1. The van der Waals surface area contributed by atoms with Crippen LogP contribution < -0.4 is 0 Å². The monoisotopic (exact) mass is 433 g/mol. The summed E-state index contributed by atoms with van der Waals surface area (Å²) in [6, 6.07) is 13.2. The van der Waals surface area contributed by atoms with Gasteiger partial charge in [0.1, 0.15) is 10.7 Å². The van der Waals surface area contributed by atoms with Gasteiger partial charge in [0.25, 0.3) is 0 Å². The molecule has 0 bridgehead atoms. The number of carbonyl (C=O) groups is 1. The van der Waals surface area contributed by atoms with Crippen molar-refractivity contribution in [2.75, 3.05) is 26.2 Å². The van der Waals surface area contributed by atoms with Gasteiger partial charge in [-0.1, -0.05) is 24.3 Å². The Balaban J connectivity index is 1.34. The minimum atomic E-state index is -3.90. The first-order valence-corrected chi connectivity index (χ1v) is 11.6. The molecule has 2 aromatic carbocycles. The number of sulfonamides is 1. The van der Waals surface area contributed by atoms with E-state index in [1.165, 1.54) is 22.5 Å². The van der Waals surface area contributed by atoms with E-state index in [2.05, 4.69) is 4.98 Å². The predicted octanol–water partition coefficient (Wildman–Crippen LogP) is 2.90. The summed E-state index contributed by atoms with van der Waals surface area (Å²) in [5, 5.41) is 0.917. The van der Waals surface area contributed by atoms with E-state index in [1.54, 1.807) is 16.2 Å². The molecule has 1 aliphatic rings. The summed E-state index contributed by atoms with van der Waals surface area (Å²) in [4.78, 5) is 18.4. The van der Waals surface area contributed by atoms with Gasteiger partial charge in [0, 0.05) is 39.0 Å². The van der Waals surface area contributed by atoms with Crippen LogP contribution in [0.1, 0.15) is 11.4 Å². The number of amides is 1. The zero-order chi connectivity index (χ0) is 20.4. The summed E-state index contributed by atoms with van der Waals surface area (Å²) in [5.41, 5.74) is 0.937. The molecule has 152 valence electrons. The molecule has 1 aliphatic heterocycles. The van der Waals surface area contributed by atoms with Gasteiger partial charge in [-0.25, -0.2) is 17.8 Å². The van der Waals surface area contributed by atoms with Gasteiger partial charge in [-0.05, 0) is 24.3 Å². The molecule has 0 spiro atoms. The molecule has 0 radical (unpaired) electrons. The Bertz CT molecular complexity index is 1110. The van der Waals surface area contributed by atoms with Crippen LogP contribution in [-0.2, 0) is 21.2 Å².